The van der Waals surface area contributed by atoms with E-state index in [1.165, 1.54) is 0 Å². The van der Waals surface area contributed by atoms with Crippen molar-refractivity contribution in [3.05, 3.63) is 53.2 Å². The van der Waals surface area contributed by atoms with Gasteiger partial charge in [0.05, 0.1) is 24.4 Å². The SMILES string of the molecule is Cc1cc2[nH]nc(C=Cc3cccc(NC(=O)OCCN4CCOCC4)c3)c2cc1NC(=O)O. The largest absolute Gasteiger partial charge is 0.465 e. The van der Waals surface area contributed by atoms with Gasteiger partial charge >= 0.3 is 12.2 Å². The summed E-state index contributed by atoms with van der Waals surface area (Å²) in [6.45, 7) is 5.94. The molecule has 3 aromatic rings. The first-order chi connectivity index (χ1) is 16.5. The first kappa shape index (κ1) is 23.3. The van der Waals surface area contributed by atoms with Crippen LogP contribution in [0.5, 0.6) is 0 Å². The van der Waals surface area contributed by atoms with Crippen molar-refractivity contribution in [1.82, 2.24) is 15.1 Å². The summed E-state index contributed by atoms with van der Waals surface area (Å²) in [5.41, 5.74) is 4.26. The van der Waals surface area contributed by atoms with E-state index in [1.807, 2.05) is 43.3 Å². The Kier molecular flexibility index (Phi) is 7.41. The van der Waals surface area contributed by atoms with Crippen molar-refractivity contribution in [2.45, 2.75) is 6.92 Å². The molecule has 4 rings (SSSR count). The van der Waals surface area contributed by atoms with E-state index in [4.69, 9.17) is 14.6 Å². The topological polar surface area (TPSA) is 129 Å². The van der Waals surface area contributed by atoms with E-state index in [0.29, 0.717) is 43.4 Å². The van der Waals surface area contributed by atoms with E-state index >= 15 is 0 Å². The molecule has 0 aliphatic carbocycles. The van der Waals surface area contributed by atoms with Gasteiger partial charge in [0, 0.05) is 36.4 Å². The smallest absolute Gasteiger partial charge is 0.411 e. The lowest BCUT2D eigenvalue weighted by atomic mass is 10.1. The number of hydrogen-bond acceptors (Lipinski definition) is 6. The van der Waals surface area contributed by atoms with Crippen LogP contribution in [0.25, 0.3) is 23.1 Å². The third kappa shape index (κ3) is 6.12. The number of aryl methyl sites for hydroxylation is 1. The highest BCUT2D eigenvalue weighted by molar-refractivity contribution is 5.95. The summed E-state index contributed by atoms with van der Waals surface area (Å²) in [5.74, 6) is 0. The van der Waals surface area contributed by atoms with E-state index in [0.717, 1.165) is 35.1 Å². The summed E-state index contributed by atoms with van der Waals surface area (Å²) in [7, 11) is 0. The van der Waals surface area contributed by atoms with Crippen LogP contribution in [0.1, 0.15) is 16.8 Å². The zero-order chi connectivity index (χ0) is 23.9. The van der Waals surface area contributed by atoms with E-state index in [9.17, 15) is 9.59 Å². The number of benzene rings is 2. The van der Waals surface area contributed by atoms with Crippen molar-refractivity contribution in [2.24, 2.45) is 0 Å². The maximum atomic E-state index is 12.1. The molecular weight excluding hydrogens is 438 g/mol. The summed E-state index contributed by atoms with van der Waals surface area (Å²) >= 11 is 0. The molecule has 0 unspecified atom stereocenters. The van der Waals surface area contributed by atoms with Crippen LogP contribution in [0.4, 0.5) is 21.0 Å². The zero-order valence-electron chi connectivity index (χ0n) is 18.8. The summed E-state index contributed by atoms with van der Waals surface area (Å²) in [6.07, 6.45) is 2.08. The molecule has 34 heavy (non-hydrogen) atoms. The van der Waals surface area contributed by atoms with Crippen molar-refractivity contribution >= 4 is 46.6 Å². The Bertz CT molecular complexity index is 1200. The minimum Gasteiger partial charge on any atom is -0.465 e. The molecular formula is C24H27N5O5. The van der Waals surface area contributed by atoms with Crippen LogP contribution in [0, 0.1) is 6.92 Å². The van der Waals surface area contributed by atoms with E-state index in [2.05, 4.69) is 25.7 Å². The summed E-state index contributed by atoms with van der Waals surface area (Å²) in [4.78, 5) is 25.4. The Labute approximate surface area is 196 Å². The number of anilines is 2. The van der Waals surface area contributed by atoms with Gasteiger partial charge in [0.2, 0.25) is 0 Å². The third-order valence-corrected chi connectivity index (χ3v) is 5.49. The Balaban J connectivity index is 1.38. The second kappa shape index (κ2) is 10.8. The number of H-pyrrole nitrogens is 1. The number of carbonyl (C=O) groups is 2. The molecule has 2 amide bonds. The maximum absolute atomic E-state index is 12.1. The Morgan fingerprint density at radius 1 is 1.21 bits per heavy atom. The molecule has 1 aliphatic heterocycles. The maximum Gasteiger partial charge on any atom is 0.411 e. The van der Waals surface area contributed by atoms with Crippen molar-refractivity contribution in [3.8, 4) is 0 Å². The van der Waals surface area contributed by atoms with Gasteiger partial charge < -0.3 is 14.6 Å². The first-order valence-electron chi connectivity index (χ1n) is 11.0. The number of aromatic amines is 1. The van der Waals surface area contributed by atoms with Crippen LogP contribution in [0.2, 0.25) is 0 Å². The molecule has 0 spiro atoms. The molecule has 1 fully saturated rings. The number of carboxylic acid groups (broad SMARTS) is 1. The second-order valence-electron chi connectivity index (χ2n) is 7.93. The fourth-order valence-corrected chi connectivity index (χ4v) is 3.71. The van der Waals surface area contributed by atoms with Gasteiger partial charge in [-0.05, 0) is 48.4 Å². The van der Waals surface area contributed by atoms with Gasteiger partial charge in [-0.3, -0.25) is 20.6 Å². The number of amides is 2. The molecule has 10 heteroatoms. The van der Waals surface area contributed by atoms with Crippen LogP contribution in [-0.2, 0) is 9.47 Å². The van der Waals surface area contributed by atoms with E-state index in [-0.39, 0.29) is 0 Å². The lowest BCUT2D eigenvalue weighted by molar-refractivity contribution is 0.0290. The first-order valence-corrected chi connectivity index (χ1v) is 11.0. The minimum atomic E-state index is -1.12. The number of hydrogen-bond donors (Lipinski definition) is 4. The van der Waals surface area contributed by atoms with Crippen molar-refractivity contribution in [3.63, 3.8) is 0 Å². The molecule has 0 bridgehead atoms. The molecule has 0 atom stereocenters. The number of rotatable bonds is 7. The summed E-state index contributed by atoms with van der Waals surface area (Å²) in [5, 5.41) is 22.3. The van der Waals surface area contributed by atoms with Gasteiger partial charge in [-0.15, -0.1) is 0 Å². The van der Waals surface area contributed by atoms with Crippen LogP contribution in [-0.4, -0.2) is 71.8 Å². The highest BCUT2D eigenvalue weighted by Gasteiger charge is 2.12. The molecule has 178 valence electrons. The normalized spacial score (nSPS) is 14.4. The molecule has 0 saturated carbocycles. The highest BCUT2D eigenvalue weighted by atomic mass is 16.5. The predicted molar refractivity (Wildman–Crippen MR) is 130 cm³/mol. The van der Waals surface area contributed by atoms with Crippen molar-refractivity contribution in [1.29, 1.82) is 0 Å². The summed E-state index contributed by atoms with van der Waals surface area (Å²) < 4.78 is 10.6. The highest BCUT2D eigenvalue weighted by Crippen LogP contribution is 2.26. The second-order valence-corrected chi connectivity index (χ2v) is 7.93. The molecule has 10 nitrogen and oxygen atoms in total. The quantitative estimate of drug-likeness (QED) is 0.415. The monoisotopic (exact) mass is 465 g/mol. The molecule has 2 heterocycles. The fourth-order valence-electron chi connectivity index (χ4n) is 3.71. The molecule has 4 N–H and O–H groups in total. The third-order valence-electron chi connectivity index (χ3n) is 5.49. The minimum absolute atomic E-state index is 0.315. The predicted octanol–water partition coefficient (Wildman–Crippen LogP) is 4.01. The van der Waals surface area contributed by atoms with Crippen molar-refractivity contribution < 1.29 is 24.2 Å². The number of carbonyl (C=O) groups excluding carboxylic acids is 1. The van der Waals surface area contributed by atoms with Gasteiger partial charge in [-0.1, -0.05) is 18.2 Å². The average Bonchev–Trinajstić information content (AvgIpc) is 3.20. The van der Waals surface area contributed by atoms with Gasteiger partial charge in [0.15, 0.2) is 0 Å². The lowest BCUT2D eigenvalue weighted by Crippen LogP contribution is -2.38. The van der Waals surface area contributed by atoms with Crippen LogP contribution >= 0.6 is 0 Å². The molecule has 1 saturated heterocycles. The Morgan fingerprint density at radius 3 is 2.82 bits per heavy atom. The van der Waals surface area contributed by atoms with Crippen LogP contribution < -0.4 is 10.6 Å². The lowest BCUT2D eigenvalue weighted by Gasteiger charge is -2.26. The van der Waals surface area contributed by atoms with E-state index < -0.39 is 12.2 Å². The average molecular weight is 466 g/mol. The number of morpholine rings is 1. The number of nitrogens with one attached hydrogen (secondary N) is 3. The molecule has 1 aromatic heterocycles. The molecule has 0 radical (unpaired) electrons. The van der Waals surface area contributed by atoms with Gasteiger partial charge in [0.25, 0.3) is 0 Å². The van der Waals surface area contributed by atoms with Gasteiger partial charge in [0.1, 0.15) is 6.61 Å². The fraction of sp³-hybridized carbons (Fsp3) is 0.292. The van der Waals surface area contributed by atoms with Crippen LogP contribution in [0.3, 0.4) is 0 Å². The molecule has 2 aromatic carbocycles. The van der Waals surface area contributed by atoms with Crippen LogP contribution in [0.15, 0.2) is 36.4 Å². The Morgan fingerprint density at radius 2 is 2.03 bits per heavy atom. The zero-order valence-corrected chi connectivity index (χ0v) is 18.8. The van der Waals surface area contributed by atoms with Gasteiger partial charge in [-0.2, -0.15) is 5.10 Å². The molecule has 1 aliphatic rings. The number of nitrogens with zero attached hydrogens (tertiary/aromatic N) is 2. The number of ether oxygens (including phenoxy) is 2. The van der Waals surface area contributed by atoms with Gasteiger partial charge in [-0.25, -0.2) is 9.59 Å². The number of aromatic nitrogens is 2. The van der Waals surface area contributed by atoms with Crippen molar-refractivity contribution in [2.75, 3.05) is 50.1 Å². The summed E-state index contributed by atoms with van der Waals surface area (Å²) in [6, 6.07) is 11.0. The Hall–Kier alpha value is -3.89. The number of fused-ring (bicyclic) bond motifs is 1. The van der Waals surface area contributed by atoms with E-state index in [1.54, 1.807) is 12.1 Å². The standard InChI is InChI=1S/C24H27N5O5/c1-16-13-22-19(15-21(16)26-23(30)31)20(27-28-22)6-5-17-3-2-4-18(14-17)25-24(32)34-12-9-29-7-10-33-11-8-29/h2-6,13-15,26H,7-12H2,1H3,(H,25,32)(H,27,28)(H,30,31).